The summed E-state index contributed by atoms with van der Waals surface area (Å²) in [7, 11) is 2.03. The molecule has 0 spiro atoms. The van der Waals surface area contributed by atoms with Crippen LogP contribution in [0.15, 0.2) is 0 Å². The van der Waals surface area contributed by atoms with Crippen LogP contribution in [0.5, 0.6) is 0 Å². The minimum Gasteiger partial charge on any atom is -0.361 e. The van der Waals surface area contributed by atoms with Gasteiger partial charge in [0.1, 0.15) is 4.32 Å². The van der Waals surface area contributed by atoms with Gasteiger partial charge in [-0.25, -0.2) is 0 Å². The fourth-order valence-corrected chi connectivity index (χ4v) is 3.18. The summed E-state index contributed by atoms with van der Waals surface area (Å²) in [5, 5.41) is 0. The lowest BCUT2D eigenvalue weighted by molar-refractivity contribution is 0.474. The topological polar surface area (TPSA) is 3.24 Å². The molecule has 0 unspecified atom stereocenters. The average molecular weight is 360 g/mol. The summed E-state index contributed by atoms with van der Waals surface area (Å²) >= 11 is 9.20. The second kappa shape index (κ2) is 18.6. The van der Waals surface area contributed by atoms with E-state index < -0.39 is 0 Å². The lowest BCUT2D eigenvalue weighted by Crippen LogP contribution is -2.21. The Labute approximate surface area is 157 Å². The molecule has 0 aromatic carbocycles. The molecule has 0 aromatic heterocycles. The van der Waals surface area contributed by atoms with E-state index in [0.29, 0.717) is 4.32 Å². The number of thiocarbonyl (C=S) groups is 1. The Hall–Kier alpha value is 0.240. The zero-order chi connectivity index (χ0) is 17.2. The largest absolute Gasteiger partial charge is 0.361 e. The molecule has 0 bridgehead atoms. The third kappa shape index (κ3) is 18.4. The van der Waals surface area contributed by atoms with E-state index in [-0.39, 0.29) is 0 Å². The monoisotopic (exact) mass is 359 g/mol. The highest BCUT2D eigenvalue weighted by atomic mass is 32.1. The minimum absolute atomic E-state index is 0.714. The van der Waals surface area contributed by atoms with Gasteiger partial charge in [0.15, 0.2) is 0 Å². The predicted octanol–water partition coefficient (Wildman–Crippen LogP) is 7.39. The zero-order valence-corrected chi connectivity index (χ0v) is 17.5. The Morgan fingerprint density at radius 3 is 1.26 bits per heavy atom. The Morgan fingerprint density at radius 2 is 0.957 bits per heavy atom. The summed E-state index contributed by atoms with van der Waals surface area (Å²) in [4.78, 5) is 2.06. The van der Waals surface area contributed by atoms with Gasteiger partial charge < -0.3 is 4.90 Å². The molecule has 0 saturated heterocycles. The SMILES string of the molecule is CCCCCCCCCCCCCCCCCCN(C)C(=S)S. The van der Waals surface area contributed by atoms with E-state index in [1.807, 2.05) is 7.05 Å². The van der Waals surface area contributed by atoms with E-state index in [2.05, 4.69) is 24.5 Å². The van der Waals surface area contributed by atoms with Gasteiger partial charge in [0.05, 0.1) is 0 Å². The van der Waals surface area contributed by atoms with Gasteiger partial charge in [-0.1, -0.05) is 115 Å². The van der Waals surface area contributed by atoms with Crippen molar-refractivity contribution in [1.82, 2.24) is 4.90 Å². The summed E-state index contributed by atoms with van der Waals surface area (Å²) in [5.74, 6) is 0. The molecule has 0 saturated carbocycles. The van der Waals surface area contributed by atoms with Crippen LogP contribution in [0.4, 0.5) is 0 Å². The lowest BCUT2D eigenvalue weighted by atomic mass is 10.0. The standard InChI is InChI=1S/C20H41NS2/c1-3-4-5-6-7-8-9-10-11-12-13-14-15-16-17-18-19-21(2)20(22)23/h3-19H2,1-2H3,(H,22,23). The predicted molar refractivity (Wildman–Crippen MR) is 114 cm³/mol. The molecule has 0 heterocycles. The van der Waals surface area contributed by atoms with Crippen molar-refractivity contribution in [3.63, 3.8) is 0 Å². The highest BCUT2D eigenvalue weighted by Gasteiger charge is 1.98. The second-order valence-electron chi connectivity index (χ2n) is 7.01. The van der Waals surface area contributed by atoms with Gasteiger partial charge in [0.25, 0.3) is 0 Å². The summed E-state index contributed by atoms with van der Waals surface area (Å²) in [6.45, 7) is 3.35. The summed E-state index contributed by atoms with van der Waals surface area (Å²) < 4.78 is 0.714. The molecule has 23 heavy (non-hydrogen) atoms. The van der Waals surface area contributed by atoms with Crippen LogP contribution in [0.25, 0.3) is 0 Å². The van der Waals surface area contributed by atoms with Crippen LogP contribution in [-0.4, -0.2) is 22.8 Å². The van der Waals surface area contributed by atoms with Gasteiger partial charge in [-0.05, 0) is 6.42 Å². The van der Waals surface area contributed by atoms with Crippen molar-refractivity contribution in [1.29, 1.82) is 0 Å². The van der Waals surface area contributed by atoms with Crippen LogP contribution in [0.3, 0.4) is 0 Å². The first-order valence-electron chi connectivity index (χ1n) is 10.1. The molecule has 0 atom stereocenters. The summed E-state index contributed by atoms with van der Waals surface area (Å²) in [6, 6.07) is 0. The van der Waals surface area contributed by atoms with Crippen molar-refractivity contribution < 1.29 is 0 Å². The van der Waals surface area contributed by atoms with Crippen LogP contribution in [0.1, 0.15) is 110 Å². The maximum atomic E-state index is 5.02. The first-order valence-corrected chi connectivity index (χ1v) is 11.0. The minimum atomic E-state index is 0.714. The van der Waals surface area contributed by atoms with Crippen LogP contribution < -0.4 is 0 Å². The number of unbranched alkanes of at least 4 members (excludes halogenated alkanes) is 15. The van der Waals surface area contributed by atoms with E-state index in [0.717, 1.165) is 6.54 Å². The Morgan fingerprint density at radius 1 is 0.652 bits per heavy atom. The van der Waals surface area contributed by atoms with E-state index >= 15 is 0 Å². The molecule has 3 heteroatoms. The molecular formula is C20H41NS2. The Balaban J connectivity index is 3.04. The Bertz CT molecular complexity index is 256. The number of rotatable bonds is 17. The zero-order valence-electron chi connectivity index (χ0n) is 15.8. The van der Waals surface area contributed by atoms with Crippen LogP contribution >= 0.6 is 24.8 Å². The van der Waals surface area contributed by atoms with Gasteiger partial charge in [0.2, 0.25) is 0 Å². The summed E-state index contributed by atoms with van der Waals surface area (Å²) in [5.41, 5.74) is 0. The highest BCUT2D eigenvalue weighted by Crippen LogP contribution is 2.13. The maximum Gasteiger partial charge on any atom is 0.133 e. The van der Waals surface area contributed by atoms with Crippen molar-refractivity contribution in [3.05, 3.63) is 0 Å². The molecule has 0 aliphatic heterocycles. The molecule has 138 valence electrons. The van der Waals surface area contributed by atoms with Crippen molar-refractivity contribution in [2.24, 2.45) is 0 Å². The first-order chi connectivity index (χ1) is 11.2. The molecular weight excluding hydrogens is 318 g/mol. The summed E-state index contributed by atoms with van der Waals surface area (Å²) in [6.07, 6.45) is 22.7. The number of nitrogens with zero attached hydrogens (tertiary/aromatic N) is 1. The van der Waals surface area contributed by atoms with Gasteiger partial charge in [-0.15, -0.1) is 12.6 Å². The third-order valence-electron chi connectivity index (χ3n) is 4.67. The molecule has 0 amide bonds. The first kappa shape index (κ1) is 23.2. The van der Waals surface area contributed by atoms with Crippen molar-refractivity contribution in [2.45, 2.75) is 110 Å². The molecule has 0 radical (unpaired) electrons. The highest BCUT2D eigenvalue weighted by molar-refractivity contribution is 8.10. The molecule has 0 fully saturated rings. The van der Waals surface area contributed by atoms with Crippen LogP contribution in [0.2, 0.25) is 0 Å². The average Bonchev–Trinajstić information content (AvgIpc) is 2.54. The van der Waals surface area contributed by atoms with Crippen LogP contribution in [-0.2, 0) is 0 Å². The normalized spacial score (nSPS) is 10.9. The number of hydrogen-bond acceptors (Lipinski definition) is 1. The fourth-order valence-electron chi connectivity index (χ4n) is 2.99. The molecule has 0 N–H and O–H groups in total. The molecule has 1 nitrogen and oxygen atoms in total. The van der Waals surface area contributed by atoms with Crippen LogP contribution in [0, 0.1) is 0 Å². The fraction of sp³-hybridized carbons (Fsp3) is 0.950. The van der Waals surface area contributed by atoms with Gasteiger partial charge >= 0.3 is 0 Å². The second-order valence-corrected chi connectivity index (χ2v) is 8.12. The van der Waals surface area contributed by atoms with Gasteiger partial charge in [0, 0.05) is 13.6 Å². The molecule has 0 rings (SSSR count). The molecule has 0 aliphatic rings. The van der Waals surface area contributed by atoms with E-state index in [4.69, 9.17) is 12.2 Å². The van der Waals surface area contributed by atoms with Gasteiger partial charge in [-0.3, -0.25) is 0 Å². The lowest BCUT2D eigenvalue weighted by Gasteiger charge is -2.15. The molecule has 0 aliphatic carbocycles. The molecule has 0 aromatic rings. The van der Waals surface area contributed by atoms with Crippen molar-refractivity contribution >= 4 is 29.2 Å². The number of thiol groups is 1. The van der Waals surface area contributed by atoms with Crippen molar-refractivity contribution in [3.8, 4) is 0 Å². The van der Waals surface area contributed by atoms with E-state index in [1.165, 1.54) is 103 Å². The maximum absolute atomic E-state index is 5.02. The third-order valence-corrected chi connectivity index (χ3v) is 5.33. The van der Waals surface area contributed by atoms with E-state index in [9.17, 15) is 0 Å². The quantitative estimate of drug-likeness (QED) is 0.164. The van der Waals surface area contributed by atoms with E-state index in [1.54, 1.807) is 0 Å². The smallest absolute Gasteiger partial charge is 0.133 e. The van der Waals surface area contributed by atoms with Crippen molar-refractivity contribution in [2.75, 3.05) is 13.6 Å². The van der Waals surface area contributed by atoms with Gasteiger partial charge in [-0.2, -0.15) is 0 Å². The Kier molecular flexibility index (Phi) is 18.8. The number of hydrogen-bond donors (Lipinski definition) is 1.